The monoisotopic (exact) mass is 438 g/mol. The highest BCUT2D eigenvalue weighted by atomic mass is 16.2. The third-order valence-corrected chi connectivity index (χ3v) is 6.30. The average Bonchev–Trinajstić information content (AvgIpc) is 3.05. The number of hydrogen-bond acceptors (Lipinski definition) is 3. The van der Waals surface area contributed by atoms with E-state index in [9.17, 15) is 9.59 Å². The summed E-state index contributed by atoms with van der Waals surface area (Å²) in [6.45, 7) is 8.20. The van der Waals surface area contributed by atoms with Crippen molar-refractivity contribution in [3.05, 3.63) is 100 Å². The molecule has 0 saturated carbocycles. The number of carbonyl (C=O) groups excluding carboxylic acids is 2. The van der Waals surface area contributed by atoms with Gasteiger partial charge in [0.25, 0.3) is 11.8 Å². The number of unbranched alkanes of at least 4 members (excludes halogenated alkanes) is 1. The van der Waals surface area contributed by atoms with Crippen LogP contribution in [-0.2, 0) is 16.0 Å². The molecule has 33 heavy (non-hydrogen) atoms. The van der Waals surface area contributed by atoms with Crippen molar-refractivity contribution in [3.8, 4) is 0 Å². The molecular weight excluding hydrogens is 408 g/mol. The van der Waals surface area contributed by atoms with Crippen LogP contribution in [0.25, 0.3) is 5.57 Å². The lowest BCUT2D eigenvalue weighted by Gasteiger charge is -2.16. The molecule has 1 N–H and O–H groups in total. The normalized spacial score (nSPS) is 13.8. The van der Waals surface area contributed by atoms with Crippen LogP contribution in [0.1, 0.15) is 47.6 Å². The molecule has 0 aromatic heterocycles. The van der Waals surface area contributed by atoms with Crippen molar-refractivity contribution in [2.24, 2.45) is 0 Å². The fraction of sp³-hybridized carbons (Fsp3) is 0.241. The fourth-order valence-corrected chi connectivity index (χ4v) is 4.09. The van der Waals surface area contributed by atoms with E-state index in [1.54, 1.807) is 0 Å². The summed E-state index contributed by atoms with van der Waals surface area (Å²) in [5, 5.41) is 3.28. The molecule has 0 aliphatic carbocycles. The summed E-state index contributed by atoms with van der Waals surface area (Å²) in [7, 11) is 0. The van der Waals surface area contributed by atoms with E-state index in [1.807, 2.05) is 87.5 Å². The zero-order valence-corrected chi connectivity index (χ0v) is 19.7. The van der Waals surface area contributed by atoms with Crippen LogP contribution in [0.4, 0.5) is 11.4 Å². The molecule has 4 nitrogen and oxygen atoms in total. The maximum absolute atomic E-state index is 13.7. The second kappa shape index (κ2) is 9.45. The summed E-state index contributed by atoms with van der Waals surface area (Å²) < 4.78 is 0. The SMILES string of the molecule is CCCCc1ccc(N2C(=O)C(Nc3ccccc3C)=C(c3ccc(C)c(C)c3)C2=O)cc1. The first kappa shape index (κ1) is 22.5. The first-order chi connectivity index (χ1) is 15.9. The van der Waals surface area contributed by atoms with Gasteiger partial charge in [0.05, 0.1) is 11.3 Å². The quantitative estimate of drug-likeness (QED) is 0.437. The summed E-state index contributed by atoms with van der Waals surface area (Å²) >= 11 is 0. The Hall–Kier alpha value is -3.66. The number of nitrogens with one attached hydrogen (secondary N) is 1. The average molecular weight is 439 g/mol. The predicted octanol–water partition coefficient (Wildman–Crippen LogP) is 6.35. The maximum atomic E-state index is 13.7. The molecule has 0 radical (unpaired) electrons. The van der Waals surface area contributed by atoms with Gasteiger partial charge in [0.2, 0.25) is 0 Å². The van der Waals surface area contributed by atoms with E-state index in [1.165, 1.54) is 10.5 Å². The molecule has 0 fully saturated rings. The standard InChI is InChI=1S/C29H30N2O2/c1-5-6-10-22-13-16-24(17-14-22)31-28(32)26(23-15-12-19(2)21(4)18-23)27(29(31)33)30-25-11-8-7-9-20(25)3/h7-9,11-18,30H,5-6,10H2,1-4H3. The van der Waals surface area contributed by atoms with Crippen LogP contribution in [0.3, 0.4) is 0 Å². The van der Waals surface area contributed by atoms with Crippen LogP contribution >= 0.6 is 0 Å². The number of anilines is 2. The second-order valence-corrected chi connectivity index (χ2v) is 8.70. The topological polar surface area (TPSA) is 49.4 Å². The Labute approximate surface area is 195 Å². The van der Waals surface area contributed by atoms with Gasteiger partial charge in [0.1, 0.15) is 5.70 Å². The second-order valence-electron chi connectivity index (χ2n) is 8.70. The number of carbonyl (C=O) groups is 2. The van der Waals surface area contributed by atoms with E-state index in [-0.39, 0.29) is 11.8 Å². The van der Waals surface area contributed by atoms with Gasteiger partial charge < -0.3 is 5.32 Å². The minimum atomic E-state index is -0.335. The van der Waals surface area contributed by atoms with Gasteiger partial charge in [-0.2, -0.15) is 0 Å². The van der Waals surface area contributed by atoms with Crippen LogP contribution in [0.5, 0.6) is 0 Å². The third kappa shape index (κ3) is 4.47. The Morgan fingerprint density at radius 3 is 2.18 bits per heavy atom. The molecule has 4 rings (SSSR count). The van der Waals surface area contributed by atoms with Gasteiger partial charge in [-0.1, -0.05) is 61.9 Å². The van der Waals surface area contributed by atoms with Crippen molar-refractivity contribution >= 4 is 28.8 Å². The van der Waals surface area contributed by atoms with Gasteiger partial charge >= 0.3 is 0 Å². The molecule has 0 bridgehead atoms. The molecule has 2 amide bonds. The Balaban J connectivity index is 1.77. The maximum Gasteiger partial charge on any atom is 0.282 e. The van der Waals surface area contributed by atoms with Gasteiger partial charge in [0, 0.05) is 5.69 Å². The molecular formula is C29H30N2O2. The first-order valence-corrected chi connectivity index (χ1v) is 11.5. The summed E-state index contributed by atoms with van der Waals surface area (Å²) in [6, 6.07) is 21.4. The van der Waals surface area contributed by atoms with E-state index >= 15 is 0 Å². The summed E-state index contributed by atoms with van der Waals surface area (Å²) in [5.41, 5.74) is 7.30. The Morgan fingerprint density at radius 1 is 0.788 bits per heavy atom. The van der Waals surface area contributed by atoms with Crippen LogP contribution in [0, 0.1) is 20.8 Å². The predicted molar refractivity (Wildman–Crippen MR) is 135 cm³/mol. The zero-order valence-electron chi connectivity index (χ0n) is 19.7. The molecule has 3 aromatic carbocycles. The van der Waals surface area contributed by atoms with E-state index in [0.29, 0.717) is 17.0 Å². The number of rotatable bonds is 7. The highest BCUT2D eigenvalue weighted by molar-refractivity contribution is 6.46. The van der Waals surface area contributed by atoms with Crippen LogP contribution in [-0.4, -0.2) is 11.8 Å². The molecule has 0 unspecified atom stereocenters. The summed E-state index contributed by atoms with van der Waals surface area (Å²) in [6.07, 6.45) is 3.23. The molecule has 3 aromatic rings. The van der Waals surface area contributed by atoms with Crippen molar-refractivity contribution < 1.29 is 9.59 Å². The van der Waals surface area contributed by atoms with Gasteiger partial charge in [-0.25, -0.2) is 4.90 Å². The number of aryl methyl sites for hydroxylation is 4. The Kier molecular flexibility index (Phi) is 6.45. The molecule has 0 atom stereocenters. The van der Waals surface area contributed by atoms with Crippen LogP contribution in [0.2, 0.25) is 0 Å². The lowest BCUT2D eigenvalue weighted by molar-refractivity contribution is -0.120. The van der Waals surface area contributed by atoms with Crippen LogP contribution in [0.15, 0.2) is 72.4 Å². The van der Waals surface area contributed by atoms with Crippen molar-refractivity contribution in [2.75, 3.05) is 10.2 Å². The Morgan fingerprint density at radius 2 is 1.52 bits per heavy atom. The summed E-state index contributed by atoms with van der Waals surface area (Å²) in [4.78, 5) is 28.6. The van der Waals surface area contributed by atoms with Gasteiger partial charge in [-0.05, 0) is 79.6 Å². The number of hydrogen-bond donors (Lipinski definition) is 1. The number of amides is 2. The largest absolute Gasteiger partial charge is 0.350 e. The minimum absolute atomic E-state index is 0.305. The first-order valence-electron chi connectivity index (χ1n) is 11.5. The fourth-order valence-electron chi connectivity index (χ4n) is 4.09. The lowest BCUT2D eigenvalue weighted by atomic mass is 9.99. The highest BCUT2D eigenvalue weighted by Crippen LogP contribution is 2.35. The number of nitrogens with zero attached hydrogens (tertiary/aromatic N) is 1. The van der Waals surface area contributed by atoms with E-state index < -0.39 is 0 Å². The number of imide groups is 1. The van der Waals surface area contributed by atoms with Crippen LogP contribution < -0.4 is 10.2 Å². The molecule has 168 valence electrons. The molecule has 4 heteroatoms. The summed E-state index contributed by atoms with van der Waals surface area (Å²) in [5.74, 6) is -0.640. The van der Waals surface area contributed by atoms with Crippen molar-refractivity contribution in [3.63, 3.8) is 0 Å². The van der Waals surface area contributed by atoms with Crippen molar-refractivity contribution in [2.45, 2.75) is 47.0 Å². The molecule has 1 heterocycles. The molecule has 0 saturated heterocycles. The zero-order chi connectivity index (χ0) is 23.5. The smallest absolute Gasteiger partial charge is 0.282 e. The molecule has 1 aliphatic rings. The lowest BCUT2D eigenvalue weighted by Crippen LogP contribution is -2.32. The van der Waals surface area contributed by atoms with E-state index in [2.05, 4.69) is 12.2 Å². The van der Waals surface area contributed by atoms with Gasteiger partial charge in [-0.3, -0.25) is 9.59 Å². The van der Waals surface area contributed by atoms with Gasteiger partial charge in [0.15, 0.2) is 0 Å². The molecule has 1 aliphatic heterocycles. The number of para-hydroxylation sites is 1. The van der Waals surface area contributed by atoms with Crippen molar-refractivity contribution in [1.29, 1.82) is 0 Å². The van der Waals surface area contributed by atoms with Crippen molar-refractivity contribution in [1.82, 2.24) is 0 Å². The van der Waals surface area contributed by atoms with E-state index in [4.69, 9.17) is 0 Å². The molecule has 0 spiro atoms. The number of benzene rings is 3. The minimum Gasteiger partial charge on any atom is -0.350 e. The Bertz CT molecular complexity index is 1240. The highest BCUT2D eigenvalue weighted by Gasteiger charge is 2.40. The van der Waals surface area contributed by atoms with E-state index in [0.717, 1.165) is 47.2 Å². The third-order valence-electron chi connectivity index (χ3n) is 6.30. The van der Waals surface area contributed by atoms with Gasteiger partial charge in [-0.15, -0.1) is 0 Å².